The van der Waals surface area contributed by atoms with Crippen LogP contribution < -0.4 is 5.32 Å². The van der Waals surface area contributed by atoms with Crippen molar-refractivity contribution >= 4 is 17.7 Å². The standard InChI is InChI=1S/C19H23N3O3/c1-13(17(24)20-3)21-10-6-9-19(18(21)25)11-15-7-4-5-8-16(15)12-22(19)14(2)23/h4-9,13H,10-12H2,1-3H3,(H,20,24)/t13-,19+/m0/s1. The molecule has 0 saturated heterocycles. The average Bonchev–Trinajstić information content (AvgIpc) is 2.62. The highest BCUT2D eigenvalue weighted by atomic mass is 16.2. The van der Waals surface area contributed by atoms with Crippen molar-refractivity contribution in [1.29, 1.82) is 0 Å². The Morgan fingerprint density at radius 1 is 1.24 bits per heavy atom. The molecule has 0 aromatic heterocycles. The molecule has 0 saturated carbocycles. The third-order valence-electron chi connectivity index (χ3n) is 5.19. The van der Waals surface area contributed by atoms with E-state index in [4.69, 9.17) is 0 Å². The van der Waals surface area contributed by atoms with Crippen molar-refractivity contribution in [3.63, 3.8) is 0 Å². The van der Waals surface area contributed by atoms with Crippen molar-refractivity contribution < 1.29 is 14.4 Å². The van der Waals surface area contributed by atoms with Crippen molar-refractivity contribution in [2.24, 2.45) is 0 Å². The second-order valence-electron chi connectivity index (χ2n) is 6.63. The van der Waals surface area contributed by atoms with Gasteiger partial charge in [-0.25, -0.2) is 0 Å². The molecular weight excluding hydrogens is 318 g/mol. The van der Waals surface area contributed by atoms with Crippen LogP contribution in [0.1, 0.15) is 25.0 Å². The molecule has 2 aliphatic rings. The molecule has 0 unspecified atom stereocenters. The van der Waals surface area contributed by atoms with E-state index in [-0.39, 0.29) is 17.7 Å². The number of carbonyl (C=O) groups excluding carboxylic acids is 3. The number of nitrogens with one attached hydrogen (secondary N) is 1. The molecule has 25 heavy (non-hydrogen) atoms. The van der Waals surface area contributed by atoms with Crippen LogP contribution in [0.2, 0.25) is 0 Å². The average molecular weight is 341 g/mol. The van der Waals surface area contributed by atoms with E-state index in [9.17, 15) is 14.4 Å². The molecule has 0 fully saturated rings. The summed E-state index contributed by atoms with van der Waals surface area (Å²) in [5.74, 6) is -0.567. The molecule has 0 bridgehead atoms. The van der Waals surface area contributed by atoms with Gasteiger partial charge in [0.15, 0.2) is 0 Å². The van der Waals surface area contributed by atoms with Gasteiger partial charge in [-0.2, -0.15) is 0 Å². The fourth-order valence-corrected chi connectivity index (χ4v) is 3.76. The fourth-order valence-electron chi connectivity index (χ4n) is 3.76. The van der Waals surface area contributed by atoms with Crippen LogP contribution in [0, 0.1) is 0 Å². The Hall–Kier alpha value is -2.63. The molecule has 2 heterocycles. The number of benzene rings is 1. The summed E-state index contributed by atoms with van der Waals surface area (Å²) in [5.41, 5.74) is 1.06. The van der Waals surface area contributed by atoms with E-state index < -0.39 is 11.6 Å². The van der Waals surface area contributed by atoms with Crippen molar-refractivity contribution in [3.8, 4) is 0 Å². The molecule has 6 heteroatoms. The molecule has 132 valence electrons. The minimum absolute atomic E-state index is 0.151. The zero-order valence-electron chi connectivity index (χ0n) is 14.8. The number of amides is 3. The zero-order chi connectivity index (χ0) is 18.2. The van der Waals surface area contributed by atoms with Crippen molar-refractivity contribution in [1.82, 2.24) is 15.1 Å². The summed E-state index contributed by atoms with van der Waals surface area (Å²) < 4.78 is 0. The lowest BCUT2D eigenvalue weighted by Crippen LogP contribution is -2.66. The highest BCUT2D eigenvalue weighted by Crippen LogP contribution is 2.36. The van der Waals surface area contributed by atoms with E-state index in [1.165, 1.54) is 6.92 Å². The Morgan fingerprint density at radius 2 is 1.92 bits per heavy atom. The van der Waals surface area contributed by atoms with Gasteiger partial charge in [0.2, 0.25) is 11.8 Å². The number of carbonyl (C=O) groups is 3. The third kappa shape index (κ3) is 2.71. The number of nitrogens with zero attached hydrogens (tertiary/aromatic N) is 2. The van der Waals surface area contributed by atoms with E-state index in [1.807, 2.05) is 36.4 Å². The van der Waals surface area contributed by atoms with Crippen LogP contribution in [0.4, 0.5) is 0 Å². The Balaban J connectivity index is 2.04. The van der Waals surface area contributed by atoms with Crippen molar-refractivity contribution in [3.05, 3.63) is 47.5 Å². The first kappa shape index (κ1) is 17.2. The third-order valence-corrected chi connectivity index (χ3v) is 5.19. The molecule has 1 aromatic carbocycles. The van der Waals surface area contributed by atoms with E-state index in [0.29, 0.717) is 19.5 Å². The number of rotatable bonds is 2. The maximum absolute atomic E-state index is 13.4. The maximum atomic E-state index is 13.4. The molecule has 0 aliphatic carbocycles. The van der Waals surface area contributed by atoms with Gasteiger partial charge < -0.3 is 15.1 Å². The summed E-state index contributed by atoms with van der Waals surface area (Å²) in [7, 11) is 1.55. The monoisotopic (exact) mass is 341 g/mol. The van der Waals surface area contributed by atoms with E-state index >= 15 is 0 Å². The lowest BCUT2D eigenvalue weighted by Gasteiger charge is -2.49. The van der Waals surface area contributed by atoms with Crippen LogP contribution in [0.3, 0.4) is 0 Å². The van der Waals surface area contributed by atoms with E-state index in [1.54, 1.807) is 23.8 Å². The van der Waals surface area contributed by atoms with Gasteiger partial charge in [0.25, 0.3) is 5.91 Å². The Kier molecular flexibility index (Phi) is 4.37. The topological polar surface area (TPSA) is 69.7 Å². The summed E-state index contributed by atoms with van der Waals surface area (Å²) in [6.07, 6.45) is 4.14. The molecule has 3 amide bonds. The summed E-state index contributed by atoms with van der Waals surface area (Å²) in [4.78, 5) is 40.9. The van der Waals surface area contributed by atoms with Crippen LogP contribution in [-0.4, -0.2) is 52.7 Å². The molecule has 1 aromatic rings. The Labute approximate surface area is 147 Å². The molecule has 1 spiro atoms. The fraction of sp³-hybridized carbons (Fsp3) is 0.421. The molecular formula is C19H23N3O3. The Morgan fingerprint density at radius 3 is 2.56 bits per heavy atom. The maximum Gasteiger partial charge on any atom is 0.253 e. The molecule has 6 nitrogen and oxygen atoms in total. The minimum atomic E-state index is -1.05. The van der Waals surface area contributed by atoms with Gasteiger partial charge in [0.1, 0.15) is 11.6 Å². The highest BCUT2D eigenvalue weighted by Gasteiger charge is 2.50. The number of fused-ring (bicyclic) bond motifs is 1. The van der Waals surface area contributed by atoms with Crippen LogP contribution >= 0.6 is 0 Å². The van der Waals surface area contributed by atoms with Crippen LogP contribution in [0.25, 0.3) is 0 Å². The van der Waals surface area contributed by atoms with E-state index in [2.05, 4.69) is 5.32 Å². The quantitative estimate of drug-likeness (QED) is 0.811. The van der Waals surface area contributed by atoms with Crippen LogP contribution in [-0.2, 0) is 27.3 Å². The zero-order valence-corrected chi connectivity index (χ0v) is 14.8. The first-order chi connectivity index (χ1) is 11.9. The van der Waals surface area contributed by atoms with Gasteiger partial charge in [0.05, 0.1) is 0 Å². The van der Waals surface area contributed by atoms with Gasteiger partial charge in [-0.3, -0.25) is 14.4 Å². The number of hydrogen-bond donors (Lipinski definition) is 1. The molecule has 3 rings (SSSR count). The summed E-state index contributed by atoms with van der Waals surface area (Å²) in [6, 6.07) is 7.27. The predicted octanol–water partition coefficient (Wildman–Crippen LogP) is 0.863. The first-order valence-electron chi connectivity index (χ1n) is 8.46. The van der Waals surface area contributed by atoms with Gasteiger partial charge >= 0.3 is 0 Å². The van der Waals surface area contributed by atoms with Gasteiger partial charge in [-0.15, -0.1) is 0 Å². The van der Waals surface area contributed by atoms with Crippen molar-refractivity contribution in [2.75, 3.05) is 13.6 Å². The second kappa shape index (κ2) is 6.35. The van der Waals surface area contributed by atoms with Crippen LogP contribution in [0.15, 0.2) is 36.4 Å². The smallest absolute Gasteiger partial charge is 0.253 e. The number of likely N-dealkylation sites (N-methyl/N-ethyl adjacent to an activating group) is 1. The summed E-state index contributed by atoms with van der Waals surface area (Å²) in [6.45, 7) is 3.95. The largest absolute Gasteiger partial charge is 0.357 e. The minimum Gasteiger partial charge on any atom is -0.357 e. The normalized spacial score (nSPS) is 23.4. The highest BCUT2D eigenvalue weighted by molar-refractivity contribution is 5.97. The summed E-state index contributed by atoms with van der Waals surface area (Å²) >= 11 is 0. The Bertz CT molecular complexity index is 758. The van der Waals surface area contributed by atoms with Gasteiger partial charge in [0, 0.05) is 33.5 Å². The second-order valence-corrected chi connectivity index (χ2v) is 6.63. The molecule has 1 N–H and O–H groups in total. The molecule has 2 atom stereocenters. The lowest BCUT2D eigenvalue weighted by atomic mass is 9.79. The lowest BCUT2D eigenvalue weighted by molar-refractivity contribution is -0.155. The van der Waals surface area contributed by atoms with Crippen molar-refractivity contribution in [2.45, 2.75) is 38.4 Å². The van der Waals surface area contributed by atoms with E-state index in [0.717, 1.165) is 11.1 Å². The SMILES string of the molecule is CNC(=O)[C@H](C)N1CC=C[C@@]2(Cc3ccccc3CN2C(C)=O)C1=O. The summed E-state index contributed by atoms with van der Waals surface area (Å²) in [5, 5.41) is 2.59. The van der Waals surface area contributed by atoms with Gasteiger partial charge in [-0.05, 0) is 18.1 Å². The first-order valence-corrected chi connectivity index (χ1v) is 8.46. The van der Waals surface area contributed by atoms with Crippen LogP contribution in [0.5, 0.6) is 0 Å². The predicted molar refractivity (Wildman–Crippen MR) is 93.5 cm³/mol. The molecule has 0 radical (unpaired) electrons. The number of hydrogen-bond acceptors (Lipinski definition) is 3. The van der Waals surface area contributed by atoms with Gasteiger partial charge in [-0.1, -0.05) is 36.4 Å². The molecule has 2 aliphatic heterocycles.